The lowest BCUT2D eigenvalue weighted by molar-refractivity contribution is -0.138. The first kappa shape index (κ1) is 28.9. The Bertz CT molecular complexity index is 1540. The number of rotatable bonds is 9. The van der Waals surface area contributed by atoms with Crippen LogP contribution in [0.4, 0.5) is 13.2 Å². The first-order valence-corrected chi connectivity index (χ1v) is 13.1. The molecule has 2 N–H and O–H groups in total. The number of carbonyl (C=O) groups excluding carboxylic acids is 1. The zero-order valence-corrected chi connectivity index (χ0v) is 22.8. The Kier molecular flexibility index (Phi) is 8.32. The van der Waals surface area contributed by atoms with Crippen LogP contribution in [0.2, 0.25) is 0 Å². The highest BCUT2D eigenvalue weighted by atomic mass is 19.4. The van der Waals surface area contributed by atoms with Gasteiger partial charge in [0.25, 0.3) is 5.91 Å². The summed E-state index contributed by atoms with van der Waals surface area (Å²) in [5.74, 6) is -0.964. The van der Waals surface area contributed by atoms with Crippen molar-refractivity contribution in [1.82, 2.24) is 15.1 Å². The summed E-state index contributed by atoms with van der Waals surface area (Å²) < 4.78 is 41.5. The predicted molar refractivity (Wildman–Crippen MR) is 148 cm³/mol. The number of nitrogens with one attached hydrogen (secondary N) is 1. The second-order valence-electron chi connectivity index (χ2n) is 10.5. The molecule has 0 bridgehead atoms. The molecular weight excluding hydrogens is 519 g/mol. The van der Waals surface area contributed by atoms with E-state index in [1.54, 1.807) is 25.3 Å². The normalized spacial score (nSPS) is 12.6. The van der Waals surface area contributed by atoms with E-state index in [4.69, 9.17) is 10.2 Å². The van der Waals surface area contributed by atoms with Gasteiger partial charge in [0.1, 0.15) is 0 Å². The van der Waals surface area contributed by atoms with Gasteiger partial charge in [0.05, 0.1) is 29.7 Å². The van der Waals surface area contributed by atoms with Gasteiger partial charge in [0, 0.05) is 17.5 Å². The van der Waals surface area contributed by atoms with Gasteiger partial charge in [-0.1, -0.05) is 38.1 Å². The number of benzene rings is 3. The third kappa shape index (κ3) is 6.19. The van der Waals surface area contributed by atoms with Crippen molar-refractivity contribution < 1.29 is 27.9 Å². The molecule has 0 aliphatic carbocycles. The Labute approximate surface area is 230 Å². The molecule has 0 saturated carbocycles. The molecule has 1 aromatic heterocycles. The van der Waals surface area contributed by atoms with Crippen molar-refractivity contribution in [2.24, 2.45) is 5.92 Å². The number of aromatic nitrogens is 2. The molecule has 3 aromatic carbocycles. The minimum absolute atomic E-state index is 0.0541. The van der Waals surface area contributed by atoms with Crippen LogP contribution < -0.4 is 5.32 Å². The first-order chi connectivity index (χ1) is 18.9. The molecule has 0 aliphatic rings. The van der Waals surface area contributed by atoms with Gasteiger partial charge < -0.3 is 10.4 Å². The molecule has 9 heteroatoms. The van der Waals surface area contributed by atoms with E-state index < -0.39 is 17.7 Å². The molecule has 0 spiro atoms. The molecule has 1 heterocycles. The monoisotopic (exact) mass is 551 g/mol. The van der Waals surface area contributed by atoms with Crippen LogP contribution in [0.3, 0.4) is 0 Å². The lowest BCUT2D eigenvalue weighted by atomic mass is 9.93. The van der Waals surface area contributed by atoms with E-state index >= 15 is 0 Å². The molecule has 4 aromatic rings. The average molecular weight is 552 g/mol. The van der Waals surface area contributed by atoms with Gasteiger partial charge in [-0.05, 0) is 84.3 Å². The molecule has 1 unspecified atom stereocenters. The van der Waals surface area contributed by atoms with Crippen LogP contribution in [0.5, 0.6) is 0 Å². The van der Waals surface area contributed by atoms with Crippen molar-refractivity contribution in [1.29, 1.82) is 0 Å². The van der Waals surface area contributed by atoms with Crippen molar-refractivity contribution in [3.05, 3.63) is 88.6 Å². The summed E-state index contributed by atoms with van der Waals surface area (Å²) >= 11 is 0. The lowest BCUT2D eigenvalue weighted by Gasteiger charge is -2.22. The highest BCUT2D eigenvalue weighted by Crippen LogP contribution is 2.37. The second kappa shape index (κ2) is 11.5. The lowest BCUT2D eigenvalue weighted by Crippen LogP contribution is -2.26. The van der Waals surface area contributed by atoms with Crippen molar-refractivity contribution in [3.63, 3.8) is 0 Å². The minimum Gasteiger partial charge on any atom is -0.481 e. The summed E-state index contributed by atoms with van der Waals surface area (Å²) in [5, 5.41) is 17.0. The van der Waals surface area contributed by atoms with Gasteiger partial charge in [-0.15, -0.1) is 0 Å². The van der Waals surface area contributed by atoms with E-state index in [0.717, 1.165) is 45.6 Å². The van der Waals surface area contributed by atoms with Crippen LogP contribution in [0.1, 0.15) is 65.3 Å². The largest absolute Gasteiger partial charge is 0.481 e. The number of halogens is 3. The fourth-order valence-corrected chi connectivity index (χ4v) is 5.01. The minimum atomic E-state index is -4.39. The standard InChI is InChI=1S/C31H32F3N3O3/c1-18(2)15-28(21-5-7-22(8-6-21)30(40)35-14-13-29(38)39)37-27-12-11-25(20(4)26(27)17-36-37)24-10-9-23(16-19(24)3)31(32,33)34/h5-12,16-18,28H,13-15H2,1-4H3,(H,35,40)(H,38,39). The SMILES string of the molecule is Cc1cc(C(F)(F)F)ccc1-c1ccc2c(cnn2C(CC(C)C)c2ccc(C(=O)NCCC(=O)O)cc2)c1C. The maximum atomic E-state index is 13.2. The number of carbonyl (C=O) groups is 2. The molecule has 0 aliphatic heterocycles. The van der Waals surface area contributed by atoms with E-state index in [0.29, 0.717) is 17.0 Å². The Morgan fingerprint density at radius 3 is 2.27 bits per heavy atom. The maximum Gasteiger partial charge on any atom is 0.416 e. The summed E-state index contributed by atoms with van der Waals surface area (Å²) in [6, 6.07) is 14.8. The predicted octanol–water partition coefficient (Wildman–Crippen LogP) is 7.18. The molecule has 0 radical (unpaired) electrons. The Morgan fingerprint density at radius 1 is 1.00 bits per heavy atom. The van der Waals surface area contributed by atoms with Crippen molar-refractivity contribution in [2.45, 2.75) is 52.8 Å². The van der Waals surface area contributed by atoms with E-state index in [2.05, 4.69) is 19.2 Å². The summed E-state index contributed by atoms with van der Waals surface area (Å²) in [6.07, 6.45) is -1.95. The highest BCUT2D eigenvalue weighted by Gasteiger charge is 2.31. The number of hydrogen-bond donors (Lipinski definition) is 2. The quantitative estimate of drug-likeness (QED) is 0.231. The first-order valence-electron chi connectivity index (χ1n) is 13.1. The molecular formula is C31H32F3N3O3. The molecule has 210 valence electrons. The fourth-order valence-electron chi connectivity index (χ4n) is 5.01. The number of alkyl halides is 3. The van der Waals surface area contributed by atoms with Crippen LogP contribution in [0.15, 0.2) is 60.8 Å². The van der Waals surface area contributed by atoms with Crippen LogP contribution in [0.25, 0.3) is 22.0 Å². The fraction of sp³-hybridized carbons (Fsp3) is 0.323. The van der Waals surface area contributed by atoms with Crippen LogP contribution in [-0.2, 0) is 11.0 Å². The number of amides is 1. The average Bonchev–Trinajstić information content (AvgIpc) is 3.32. The third-order valence-electron chi connectivity index (χ3n) is 7.07. The van der Waals surface area contributed by atoms with Crippen molar-refractivity contribution in [3.8, 4) is 11.1 Å². The number of nitrogens with zero attached hydrogens (tertiary/aromatic N) is 2. The smallest absolute Gasteiger partial charge is 0.416 e. The third-order valence-corrected chi connectivity index (χ3v) is 7.07. The van der Waals surface area contributed by atoms with Gasteiger partial charge in [0.15, 0.2) is 0 Å². The number of fused-ring (bicyclic) bond motifs is 1. The second-order valence-corrected chi connectivity index (χ2v) is 10.5. The van der Waals surface area contributed by atoms with Gasteiger partial charge in [0.2, 0.25) is 0 Å². The zero-order chi connectivity index (χ0) is 29.2. The van der Waals surface area contributed by atoms with E-state index in [-0.39, 0.29) is 24.9 Å². The van der Waals surface area contributed by atoms with E-state index in [1.807, 2.05) is 35.9 Å². The topological polar surface area (TPSA) is 84.2 Å². The van der Waals surface area contributed by atoms with E-state index in [9.17, 15) is 22.8 Å². The number of aliphatic carboxylic acids is 1. The Hall–Kier alpha value is -4.14. The molecule has 6 nitrogen and oxygen atoms in total. The van der Waals surface area contributed by atoms with Crippen LogP contribution in [-0.4, -0.2) is 33.3 Å². The number of carboxylic acid groups (broad SMARTS) is 1. The summed E-state index contributed by atoms with van der Waals surface area (Å²) in [5.41, 5.74) is 4.74. The van der Waals surface area contributed by atoms with Crippen LogP contribution >= 0.6 is 0 Å². The Morgan fingerprint density at radius 2 is 1.68 bits per heavy atom. The number of hydrogen-bond acceptors (Lipinski definition) is 3. The number of aryl methyl sites for hydroxylation is 2. The molecule has 1 amide bonds. The Balaban J connectivity index is 1.67. The summed E-state index contributed by atoms with van der Waals surface area (Å²) in [4.78, 5) is 23.1. The molecule has 0 fully saturated rings. The van der Waals surface area contributed by atoms with E-state index in [1.165, 1.54) is 12.1 Å². The molecule has 40 heavy (non-hydrogen) atoms. The summed E-state index contributed by atoms with van der Waals surface area (Å²) in [7, 11) is 0. The van der Waals surface area contributed by atoms with Gasteiger partial charge >= 0.3 is 12.1 Å². The number of carboxylic acids is 1. The van der Waals surface area contributed by atoms with Crippen molar-refractivity contribution >= 4 is 22.8 Å². The van der Waals surface area contributed by atoms with Crippen molar-refractivity contribution in [2.75, 3.05) is 6.54 Å². The van der Waals surface area contributed by atoms with Gasteiger partial charge in [-0.2, -0.15) is 18.3 Å². The highest BCUT2D eigenvalue weighted by molar-refractivity contribution is 5.94. The molecule has 1 atom stereocenters. The van der Waals surface area contributed by atoms with Crippen LogP contribution in [0, 0.1) is 19.8 Å². The molecule has 4 rings (SSSR count). The van der Waals surface area contributed by atoms with Gasteiger partial charge in [-0.25, -0.2) is 0 Å². The zero-order valence-electron chi connectivity index (χ0n) is 22.8. The molecule has 0 saturated heterocycles. The summed E-state index contributed by atoms with van der Waals surface area (Å²) in [6.45, 7) is 7.94. The maximum absolute atomic E-state index is 13.2. The van der Waals surface area contributed by atoms with Gasteiger partial charge in [-0.3, -0.25) is 14.3 Å².